The van der Waals surface area contributed by atoms with E-state index < -0.39 is 0 Å². The van der Waals surface area contributed by atoms with Gasteiger partial charge in [-0.05, 0) is 30.7 Å². The lowest BCUT2D eigenvalue weighted by Gasteiger charge is -2.14. The van der Waals surface area contributed by atoms with Crippen LogP contribution in [0.2, 0.25) is 0 Å². The second kappa shape index (κ2) is 6.83. The molecule has 0 aromatic heterocycles. The third-order valence-electron chi connectivity index (χ3n) is 2.41. The van der Waals surface area contributed by atoms with Gasteiger partial charge in [0, 0.05) is 5.33 Å². The van der Waals surface area contributed by atoms with Crippen LogP contribution in [0, 0.1) is 0 Å². The van der Waals surface area contributed by atoms with Crippen LogP contribution in [0.1, 0.15) is 30.7 Å². The predicted octanol–water partition coefficient (Wildman–Crippen LogP) is 4.52. The fourth-order valence-corrected chi connectivity index (χ4v) is 1.99. The second-order valence-electron chi connectivity index (χ2n) is 3.46. The van der Waals surface area contributed by atoms with Crippen molar-refractivity contribution < 1.29 is 0 Å². The maximum atomic E-state index is 3.82. The molecule has 0 aliphatic carbocycles. The van der Waals surface area contributed by atoms with Gasteiger partial charge in [0.05, 0.1) is 0 Å². The van der Waals surface area contributed by atoms with Crippen LogP contribution < -0.4 is 0 Å². The van der Waals surface area contributed by atoms with Crippen LogP contribution in [0.15, 0.2) is 43.0 Å². The molecule has 0 bridgehead atoms. The summed E-state index contributed by atoms with van der Waals surface area (Å²) in [6, 6.07) is 10.7. The Morgan fingerprint density at radius 2 is 2.00 bits per heavy atom. The van der Waals surface area contributed by atoms with Gasteiger partial charge in [-0.1, -0.05) is 52.3 Å². The Morgan fingerprint density at radius 1 is 1.29 bits per heavy atom. The van der Waals surface area contributed by atoms with E-state index in [0.717, 1.165) is 11.8 Å². The second-order valence-corrected chi connectivity index (χ2v) is 4.26. The summed E-state index contributed by atoms with van der Waals surface area (Å²) in [6.45, 7) is 3.82. The van der Waals surface area contributed by atoms with Crippen LogP contribution in [0.5, 0.6) is 0 Å². The van der Waals surface area contributed by atoms with Crippen LogP contribution in [0.4, 0.5) is 0 Å². The summed E-state index contributed by atoms with van der Waals surface area (Å²) in [6.07, 6.45) is 5.57. The van der Waals surface area contributed by atoms with Crippen molar-refractivity contribution in [1.82, 2.24) is 0 Å². The maximum absolute atomic E-state index is 3.82. The molecule has 1 rings (SSSR count). The average Bonchev–Trinajstić information content (AvgIpc) is 2.25. The summed E-state index contributed by atoms with van der Waals surface area (Å²) in [5.41, 5.74) is 1.44. The standard InChI is InChI=1S/C13H17Br/c1-2-7-12(10-6-11-14)13-8-4-3-5-9-13/h2-5,8-9,12H,1,6-7,10-11H2. The highest BCUT2D eigenvalue weighted by Crippen LogP contribution is 2.25. The zero-order chi connectivity index (χ0) is 10.2. The number of halogens is 1. The molecule has 0 saturated heterocycles. The van der Waals surface area contributed by atoms with E-state index in [1.807, 2.05) is 6.08 Å². The van der Waals surface area contributed by atoms with E-state index in [-0.39, 0.29) is 0 Å². The van der Waals surface area contributed by atoms with Crippen LogP contribution in [0.25, 0.3) is 0 Å². The van der Waals surface area contributed by atoms with E-state index in [9.17, 15) is 0 Å². The van der Waals surface area contributed by atoms with Gasteiger partial charge in [0.1, 0.15) is 0 Å². The molecule has 0 heterocycles. The van der Waals surface area contributed by atoms with Crippen molar-refractivity contribution >= 4 is 15.9 Å². The number of rotatable bonds is 6. The smallest absolute Gasteiger partial charge is 0.00315 e. The number of allylic oxidation sites excluding steroid dienone is 1. The van der Waals surface area contributed by atoms with E-state index in [0.29, 0.717) is 5.92 Å². The molecule has 0 amide bonds. The van der Waals surface area contributed by atoms with Gasteiger partial charge in [-0.3, -0.25) is 0 Å². The minimum atomic E-state index is 0.645. The van der Waals surface area contributed by atoms with Gasteiger partial charge >= 0.3 is 0 Å². The fourth-order valence-electron chi connectivity index (χ4n) is 1.67. The molecule has 0 N–H and O–H groups in total. The molecule has 0 nitrogen and oxygen atoms in total. The first-order valence-corrected chi connectivity index (χ1v) is 6.22. The third kappa shape index (κ3) is 3.67. The van der Waals surface area contributed by atoms with Crippen LogP contribution in [-0.2, 0) is 0 Å². The fraction of sp³-hybridized carbons (Fsp3) is 0.385. The molecular weight excluding hydrogens is 236 g/mol. The van der Waals surface area contributed by atoms with Crippen LogP contribution in [-0.4, -0.2) is 5.33 Å². The first kappa shape index (κ1) is 11.5. The molecule has 0 saturated carbocycles. The zero-order valence-electron chi connectivity index (χ0n) is 8.45. The summed E-state index contributed by atoms with van der Waals surface area (Å²) >= 11 is 3.48. The molecule has 1 aromatic rings. The number of benzene rings is 1. The Hall–Kier alpha value is -0.560. The van der Waals surface area contributed by atoms with E-state index >= 15 is 0 Å². The van der Waals surface area contributed by atoms with E-state index in [1.54, 1.807) is 0 Å². The Balaban J connectivity index is 2.62. The average molecular weight is 253 g/mol. The largest absolute Gasteiger partial charge is 0.103 e. The highest BCUT2D eigenvalue weighted by atomic mass is 79.9. The Morgan fingerprint density at radius 3 is 2.57 bits per heavy atom. The van der Waals surface area contributed by atoms with E-state index in [4.69, 9.17) is 0 Å². The summed E-state index contributed by atoms with van der Waals surface area (Å²) in [7, 11) is 0. The Labute approximate surface area is 95.2 Å². The molecule has 1 atom stereocenters. The van der Waals surface area contributed by atoms with Crippen molar-refractivity contribution in [3.05, 3.63) is 48.6 Å². The molecule has 0 aliphatic heterocycles. The van der Waals surface area contributed by atoms with Crippen LogP contribution in [0.3, 0.4) is 0 Å². The third-order valence-corrected chi connectivity index (χ3v) is 2.97. The lowest BCUT2D eigenvalue weighted by Crippen LogP contribution is -1.97. The maximum Gasteiger partial charge on any atom is 0.00315 e. The van der Waals surface area contributed by atoms with Gasteiger partial charge < -0.3 is 0 Å². The quantitative estimate of drug-likeness (QED) is 0.516. The summed E-state index contributed by atoms with van der Waals surface area (Å²) < 4.78 is 0. The molecule has 0 radical (unpaired) electrons. The topological polar surface area (TPSA) is 0 Å². The van der Waals surface area contributed by atoms with Gasteiger partial charge in [0.2, 0.25) is 0 Å². The summed E-state index contributed by atoms with van der Waals surface area (Å²) in [4.78, 5) is 0. The van der Waals surface area contributed by atoms with Crippen molar-refractivity contribution in [2.75, 3.05) is 5.33 Å². The molecule has 0 fully saturated rings. The van der Waals surface area contributed by atoms with Crippen molar-refractivity contribution in [2.24, 2.45) is 0 Å². The van der Waals surface area contributed by atoms with Gasteiger partial charge in [0.25, 0.3) is 0 Å². The summed E-state index contributed by atoms with van der Waals surface area (Å²) in [5.74, 6) is 0.645. The molecule has 0 aliphatic rings. The molecule has 1 heteroatoms. The summed E-state index contributed by atoms with van der Waals surface area (Å²) in [5, 5.41) is 1.09. The molecule has 1 aromatic carbocycles. The number of hydrogen-bond acceptors (Lipinski definition) is 0. The zero-order valence-corrected chi connectivity index (χ0v) is 10.0. The minimum absolute atomic E-state index is 0.645. The Bertz CT molecular complexity index is 253. The number of hydrogen-bond donors (Lipinski definition) is 0. The molecule has 0 spiro atoms. The lowest BCUT2D eigenvalue weighted by molar-refractivity contribution is 0.626. The normalized spacial score (nSPS) is 12.4. The first-order valence-electron chi connectivity index (χ1n) is 5.10. The van der Waals surface area contributed by atoms with E-state index in [1.165, 1.54) is 18.4 Å². The monoisotopic (exact) mass is 252 g/mol. The van der Waals surface area contributed by atoms with Gasteiger partial charge in [-0.2, -0.15) is 0 Å². The molecule has 76 valence electrons. The molecule has 14 heavy (non-hydrogen) atoms. The van der Waals surface area contributed by atoms with Gasteiger partial charge in [-0.25, -0.2) is 0 Å². The van der Waals surface area contributed by atoms with Crippen LogP contribution >= 0.6 is 15.9 Å². The Kier molecular flexibility index (Phi) is 5.62. The van der Waals surface area contributed by atoms with Gasteiger partial charge in [0.15, 0.2) is 0 Å². The predicted molar refractivity (Wildman–Crippen MR) is 67.0 cm³/mol. The minimum Gasteiger partial charge on any atom is -0.103 e. The number of alkyl halides is 1. The van der Waals surface area contributed by atoms with E-state index in [2.05, 4.69) is 52.8 Å². The lowest BCUT2D eigenvalue weighted by atomic mass is 9.92. The SMILES string of the molecule is C=CCC(CCCBr)c1ccccc1. The van der Waals surface area contributed by atoms with Crippen molar-refractivity contribution in [3.8, 4) is 0 Å². The van der Waals surface area contributed by atoms with Crippen molar-refractivity contribution in [2.45, 2.75) is 25.2 Å². The van der Waals surface area contributed by atoms with Crippen molar-refractivity contribution in [1.29, 1.82) is 0 Å². The molecular formula is C13H17Br. The van der Waals surface area contributed by atoms with Gasteiger partial charge in [-0.15, -0.1) is 6.58 Å². The highest BCUT2D eigenvalue weighted by Gasteiger charge is 2.08. The molecule has 1 unspecified atom stereocenters. The highest BCUT2D eigenvalue weighted by molar-refractivity contribution is 9.09. The van der Waals surface area contributed by atoms with Crippen molar-refractivity contribution in [3.63, 3.8) is 0 Å². The first-order chi connectivity index (χ1) is 6.88.